The lowest BCUT2D eigenvalue weighted by atomic mass is 10.3. The van der Waals surface area contributed by atoms with Crippen molar-refractivity contribution in [1.82, 2.24) is 0 Å². The van der Waals surface area contributed by atoms with Gasteiger partial charge in [-0.3, -0.25) is 0 Å². The molecule has 1 unspecified atom stereocenters. The van der Waals surface area contributed by atoms with Crippen molar-refractivity contribution in [2.45, 2.75) is 0 Å². The van der Waals surface area contributed by atoms with E-state index in [2.05, 4.69) is 13.5 Å². The largest absolute Gasteiger partial charge is 0.429 e. The highest BCUT2D eigenvalue weighted by atomic mass is 35.9. The monoisotopic (exact) mass is 471 g/mol. The van der Waals surface area contributed by atoms with E-state index in [1.54, 1.807) is 6.07 Å². The highest BCUT2D eigenvalue weighted by Crippen LogP contribution is 2.86. The Hall–Kier alpha value is 1.74. The van der Waals surface area contributed by atoms with E-state index in [-0.39, 0.29) is 10.8 Å². The number of benzene rings is 1. The van der Waals surface area contributed by atoms with Crippen molar-refractivity contribution in [1.29, 1.82) is 0 Å². The Labute approximate surface area is 149 Å². The van der Waals surface area contributed by atoms with Crippen LogP contribution in [0.5, 0.6) is 5.75 Å². The molecule has 0 fully saturated rings. The minimum absolute atomic E-state index is 0.218. The van der Waals surface area contributed by atoms with Gasteiger partial charge in [0.25, 0.3) is 11.8 Å². The second-order valence-corrected chi connectivity index (χ2v) is 17.3. The first kappa shape index (κ1) is 18.1. The Morgan fingerprint density at radius 1 is 0.850 bits per heavy atom. The van der Waals surface area contributed by atoms with Crippen molar-refractivity contribution in [3.05, 3.63) is 28.2 Å². The number of hydrogen-bond donors (Lipinski definition) is 0. The van der Waals surface area contributed by atoms with E-state index in [0.29, 0.717) is 5.02 Å². The van der Waals surface area contributed by atoms with Crippen LogP contribution >= 0.6 is 98.0 Å². The van der Waals surface area contributed by atoms with Gasteiger partial charge in [0.05, 0.1) is 5.02 Å². The molecule has 1 atom stereocenters. The third-order valence-corrected chi connectivity index (χ3v) is 14.2. The first-order valence-corrected chi connectivity index (χ1v) is 14.8. The summed E-state index contributed by atoms with van der Waals surface area (Å²) in [6.45, 7) is -3.30. The van der Waals surface area contributed by atoms with Crippen molar-refractivity contribution < 1.29 is 4.52 Å². The van der Waals surface area contributed by atoms with Crippen LogP contribution in [0.4, 0.5) is 0 Å². The molecule has 1 heterocycles. The van der Waals surface area contributed by atoms with Gasteiger partial charge in [-0.15, -0.1) is 0 Å². The molecule has 20 heavy (non-hydrogen) atoms. The van der Waals surface area contributed by atoms with Crippen molar-refractivity contribution in [3.63, 3.8) is 0 Å². The number of halogens is 7. The van der Waals surface area contributed by atoms with Gasteiger partial charge in [0, 0.05) is 5.02 Å². The van der Waals surface area contributed by atoms with Crippen LogP contribution in [0.2, 0.25) is 10.0 Å². The average molecular weight is 474 g/mol. The van der Waals surface area contributed by atoms with Gasteiger partial charge in [0.2, 0.25) is 0 Å². The third-order valence-electron chi connectivity index (χ3n) is 1.76. The van der Waals surface area contributed by atoms with Crippen LogP contribution in [0.1, 0.15) is 0 Å². The number of nitrogens with zero attached hydrogens (tertiary/aromatic N) is 3. The molecule has 4 nitrogen and oxygen atoms in total. The van der Waals surface area contributed by atoms with E-state index >= 15 is 0 Å². The van der Waals surface area contributed by atoms with Crippen LogP contribution in [0.15, 0.2) is 31.7 Å². The highest BCUT2D eigenvalue weighted by Gasteiger charge is 2.34. The molecule has 0 aromatic heterocycles. The molecule has 1 aliphatic heterocycles. The fraction of sp³-hybridized carbons (Fsp3) is 0. The summed E-state index contributed by atoms with van der Waals surface area (Å²) < 4.78 is 17.2. The zero-order valence-electron chi connectivity index (χ0n) is 8.97. The Balaban J connectivity index is 2.50. The standard InChI is InChI=1S/C6H3Cl7N3OP3/c7-4-1-2-6(5(8)3-4)17-20(13)15-18(9,10)14-19(11,12)16-20/h1-3H. The molecular weight excluding hydrogens is 471 g/mol. The summed E-state index contributed by atoms with van der Waals surface area (Å²) in [6, 6.07) is 4.55. The van der Waals surface area contributed by atoms with E-state index in [1.165, 1.54) is 12.1 Å². The van der Waals surface area contributed by atoms with Crippen molar-refractivity contribution in [3.8, 4) is 5.75 Å². The molecule has 0 saturated carbocycles. The molecule has 0 N–H and O–H groups in total. The van der Waals surface area contributed by atoms with E-state index < -0.39 is 18.6 Å². The molecular formula is C6H3Cl7N3OP3. The molecule has 14 heteroatoms. The van der Waals surface area contributed by atoms with E-state index in [0.717, 1.165) is 0 Å². The number of rotatable bonds is 2. The third kappa shape index (κ3) is 4.87. The van der Waals surface area contributed by atoms with Crippen LogP contribution in [0.25, 0.3) is 0 Å². The van der Waals surface area contributed by atoms with Crippen molar-refractivity contribution >= 4 is 98.0 Å². The first-order chi connectivity index (χ1) is 9.00. The maximum absolute atomic E-state index is 6.21. The summed E-state index contributed by atoms with van der Waals surface area (Å²) in [5.74, 6) is -6.05. The molecule has 1 aliphatic rings. The fourth-order valence-corrected chi connectivity index (χ4v) is 18.2. The lowest BCUT2D eigenvalue weighted by Gasteiger charge is -2.22. The van der Waals surface area contributed by atoms with Gasteiger partial charge in [-0.05, 0) is 74.4 Å². The second kappa shape index (κ2) is 6.33. The van der Waals surface area contributed by atoms with Gasteiger partial charge in [-0.25, -0.2) is 0 Å². The summed E-state index contributed by atoms with van der Waals surface area (Å²) in [5.41, 5.74) is 0. The van der Waals surface area contributed by atoms with Gasteiger partial charge in [0.1, 0.15) is 5.75 Å². The van der Waals surface area contributed by atoms with Crippen molar-refractivity contribution in [2.24, 2.45) is 13.5 Å². The summed E-state index contributed by atoms with van der Waals surface area (Å²) >= 11 is 41.7. The predicted octanol–water partition coefficient (Wildman–Crippen LogP) is 9.42. The summed E-state index contributed by atoms with van der Waals surface area (Å²) in [6.07, 6.45) is 0. The van der Waals surface area contributed by atoms with Crippen LogP contribution in [-0.4, -0.2) is 0 Å². The summed E-state index contributed by atoms with van der Waals surface area (Å²) in [5, 5.41) is 0.663. The second-order valence-electron chi connectivity index (χ2n) is 3.32. The minimum Gasteiger partial charge on any atom is -0.429 e. The van der Waals surface area contributed by atoms with Crippen molar-refractivity contribution in [2.75, 3.05) is 0 Å². The molecule has 0 amide bonds. The van der Waals surface area contributed by atoms with Gasteiger partial charge >= 0.3 is 6.78 Å². The topological polar surface area (TPSA) is 46.3 Å². The fourth-order valence-electron chi connectivity index (χ4n) is 1.16. The maximum Gasteiger partial charge on any atom is 0.350 e. The van der Waals surface area contributed by atoms with Crippen LogP contribution in [0, 0.1) is 0 Å². The quantitative estimate of drug-likeness (QED) is 0.394. The average Bonchev–Trinajstić information content (AvgIpc) is 2.16. The molecule has 0 saturated heterocycles. The molecule has 0 radical (unpaired) electrons. The van der Waals surface area contributed by atoms with Gasteiger partial charge in [-0.1, -0.05) is 23.2 Å². The van der Waals surface area contributed by atoms with E-state index in [4.69, 9.17) is 83.9 Å². The van der Waals surface area contributed by atoms with Gasteiger partial charge in [-0.2, -0.15) is 13.5 Å². The smallest absolute Gasteiger partial charge is 0.350 e. The zero-order chi connectivity index (χ0) is 15.2. The van der Waals surface area contributed by atoms with Crippen LogP contribution < -0.4 is 4.52 Å². The summed E-state index contributed by atoms with van der Waals surface area (Å²) in [7, 11) is 0. The Morgan fingerprint density at radius 2 is 1.45 bits per heavy atom. The maximum atomic E-state index is 6.21. The minimum atomic E-state index is -3.30. The molecule has 1 aromatic rings. The molecule has 0 spiro atoms. The number of hydrogen-bond acceptors (Lipinski definition) is 4. The van der Waals surface area contributed by atoms with Gasteiger partial charge in [0.15, 0.2) is 0 Å². The molecule has 2 rings (SSSR count). The molecule has 0 bridgehead atoms. The Bertz CT molecular complexity index is 715. The lowest BCUT2D eigenvalue weighted by Crippen LogP contribution is -1.87. The van der Waals surface area contributed by atoms with E-state index in [1.807, 2.05) is 0 Å². The van der Waals surface area contributed by atoms with E-state index in [9.17, 15) is 0 Å². The molecule has 112 valence electrons. The van der Waals surface area contributed by atoms with Crippen LogP contribution in [-0.2, 0) is 0 Å². The highest BCUT2D eigenvalue weighted by molar-refractivity contribution is 8.22. The Kier molecular flexibility index (Phi) is 5.72. The lowest BCUT2D eigenvalue weighted by molar-refractivity contribution is 0.619. The van der Waals surface area contributed by atoms with Crippen LogP contribution in [0.3, 0.4) is 0 Å². The molecule has 0 aliphatic carbocycles. The molecule has 1 aromatic carbocycles. The predicted molar refractivity (Wildman–Crippen MR) is 94.4 cm³/mol. The zero-order valence-corrected chi connectivity index (χ0v) is 16.9. The SMILES string of the molecule is Clc1ccc(OP2(Cl)=NP(Cl)(Cl)=NP(Cl)(Cl)=N2)c(Cl)c1. The van der Waals surface area contributed by atoms with Gasteiger partial charge < -0.3 is 4.52 Å². The summed E-state index contributed by atoms with van der Waals surface area (Å²) in [4.78, 5) is 0. The normalized spacial score (nSPS) is 26.9. The Morgan fingerprint density at radius 3 is 2.00 bits per heavy atom. The first-order valence-electron chi connectivity index (χ1n) is 4.55.